The second-order valence-corrected chi connectivity index (χ2v) is 10.6. The molecule has 3 atom stereocenters. The molecule has 5 nitrogen and oxygen atoms in total. The first-order valence-electron chi connectivity index (χ1n) is 9.67. The summed E-state index contributed by atoms with van der Waals surface area (Å²) in [6.07, 6.45) is -0.541. The molecule has 1 amide bonds. The summed E-state index contributed by atoms with van der Waals surface area (Å²) in [4.78, 5) is 16.9. The smallest absolute Gasteiger partial charge is 0.220 e. The van der Waals surface area contributed by atoms with Crippen LogP contribution in [0, 0.1) is 5.41 Å². The van der Waals surface area contributed by atoms with Crippen LogP contribution in [-0.4, -0.2) is 47.3 Å². The Morgan fingerprint density at radius 3 is 2.32 bits per heavy atom. The molecule has 0 spiro atoms. The van der Waals surface area contributed by atoms with Crippen molar-refractivity contribution in [2.75, 3.05) is 13.2 Å². The monoisotopic (exact) mass is 422 g/mol. The molecule has 3 heterocycles. The molecule has 3 rings (SSSR count). The quantitative estimate of drug-likeness (QED) is 0.684. The number of ether oxygens (including phenoxy) is 1. The summed E-state index contributed by atoms with van der Waals surface area (Å²) in [7, 11) is 0. The Morgan fingerprint density at radius 2 is 1.82 bits per heavy atom. The van der Waals surface area contributed by atoms with Gasteiger partial charge in [0.1, 0.15) is 6.10 Å². The molecule has 2 aromatic rings. The number of aliphatic hydroxyl groups is 1. The molecular formula is C21H30N2O3S2. The Hall–Kier alpha value is -1.25. The number of nitrogens with zero attached hydrogens (tertiary/aromatic N) is 1. The topological polar surface area (TPSA) is 61.8 Å². The van der Waals surface area contributed by atoms with Gasteiger partial charge in [-0.1, -0.05) is 32.9 Å². The van der Waals surface area contributed by atoms with Gasteiger partial charge in [0.15, 0.2) is 0 Å². The maximum absolute atomic E-state index is 12.1. The van der Waals surface area contributed by atoms with Gasteiger partial charge in [0, 0.05) is 35.8 Å². The van der Waals surface area contributed by atoms with Crippen molar-refractivity contribution < 1.29 is 14.6 Å². The second kappa shape index (κ2) is 9.50. The number of carbonyl (C=O) groups excluding carboxylic acids is 1. The van der Waals surface area contributed by atoms with Crippen molar-refractivity contribution in [2.24, 2.45) is 5.41 Å². The molecule has 2 N–H and O–H groups in total. The van der Waals surface area contributed by atoms with E-state index >= 15 is 0 Å². The van der Waals surface area contributed by atoms with Gasteiger partial charge in [-0.2, -0.15) is 0 Å². The van der Waals surface area contributed by atoms with Gasteiger partial charge in [-0.25, -0.2) is 0 Å². The summed E-state index contributed by atoms with van der Waals surface area (Å²) < 4.78 is 5.88. The normalized spacial score (nSPS) is 22.7. The fourth-order valence-electron chi connectivity index (χ4n) is 3.42. The van der Waals surface area contributed by atoms with Gasteiger partial charge in [0.2, 0.25) is 5.91 Å². The predicted molar refractivity (Wildman–Crippen MR) is 115 cm³/mol. The first-order valence-corrected chi connectivity index (χ1v) is 11.4. The van der Waals surface area contributed by atoms with Crippen molar-refractivity contribution in [3.8, 4) is 0 Å². The zero-order chi connectivity index (χ0) is 20.1. The minimum absolute atomic E-state index is 0.000720. The molecule has 7 heteroatoms. The number of thiophene rings is 2. The van der Waals surface area contributed by atoms with Crippen molar-refractivity contribution in [1.82, 2.24) is 10.2 Å². The Bertz CT molecular complexity index is 689. The zero-order valence-corrected chi connectivity index (χ0v) is 18.4. The summed E-state index contributed by atoms with van der Waals surface area (Å²) in [5, 5.41) is 18.0. The minimum Gasteiger partial charge on any atom is -0.389 e. The van der Waals surface area contributed by atoms with E-state index in [0.717, 1.165) is 13.1 Å². The van der Waals surface area contributed by atoms with Crippen molar-refractivity contribution in [3.05, 3.63) is 44.8 Å². The van der Waals surface area contributed by atoms with E-state index in [4.69, 9.17) is 4.74 Å². The SMILES string of the molecule is CC(C)(C)CC(=O)NCC1OCC(N(Cc2cccs2)Cc2cccs2)C1O. The summed E-state index contributed by atoms with van der Waals surface area (Å²) in [6, 6.07) is 8.27. The van der Waals surface area contributed by atoms with E-state index in [0.29, 0.717) is 19.6 Å². The van der Waals surface area contributed by atoms with Crippen LogP contribution in [0.5, 0.6) is 0 Å². The Kier molecular flexibility index (Phi) is 7.28. The standard InChI is InChI=1S/C21H30N2O3S2/c1-21(2,3)10-19(24)22-11-18-20(25)17(14-26-18)23(12-15-6-4-8-27-15)13-16-7-5-9-28-16/h4-9,17-18,20,25H,10-14H2,1-3H3,(H,22,24). The molecule has 3 unspecified atom stereocenters. The third-order valence-electron chi connectivity index (χ3n) is 4.79. The lowest BCUT2D eigenvalue weighted by Gasteiger charge is -2.30. The highest BCUT2D eigenvalue weighted by Gasteiger charge is 2.39. The van der Waals surface area contributed by atoms with E-state index in [1.165, 1.54) is 9.75 Å². The molecule has 1 aliphatic heterocycles. The van der Waals surface area contributed by atoms with Crippen LogP contribution in [0.2, 0.25) is 0 Å². The molecule has 1 saturated heterocycles. The van der Waals surface area contributed by atoms with Crippen molar-refractivity contribution in [2.45, 2.75) is 58.5 Å². The fourth-order valence-corrected chi connectivity index (χ4v) is 4.88. The molecule has 0 saturated carbocycles. The lowest BCUT2D eigenvalue weighted by molar-refractivity contribution is -0.123. The Balaban J connectivity index is 1.60. The molecule has 0 bridgehead atoms. The van der Waals surface area contributed by atoms with Crippen LogP contribution in [0.4, 0.5) is 0 Å². The maximum atomic E-state index is 12.1. The van der Waals surface area contributed by atoms with Crippen molar-refractivity contribution in [1.29, 1.82) is 0 Å². The van der Waals surface area contributed by atoms with E-state index in [1.807, 2.05) is 20.8 Å². The van der Waals surface area contributed by atoms with Gasteiger partial charge in [0.05, 0.1) is 18.8 Å². The van der Waals surface area contributed by atoms with Gasteiger partial charge in [-0.3, -0.25) is 9.69 Å². The number of aliphatic hydroxyl groups excluding tert-OH is 1. The van der Waals surface area contributed by atoms with E-state index in [2.05, 4.69) is 45.2 Å². The van der Waals surface area contributed by atoms with Crippen LogP contribution >= 0.6 is 22.7 Å². The second-order valence-electron chi connectivity index (χ2n) is 8.53. The van der Waals surface area contributed by atoms with Crippen LogP contribution in [0.3, 0.4) is 0 Å². The average molecular weight is 423 g/mol. The first kappa shape index (κ1) is 21.5. The summed E-state index contributed by atoms with van der Waals surface area (Å²) in [5.74, 6) is 0.000720. The summed E-state index contributed by atoms with van der Waals surface area (Å²) >= 11 is 3.45. The van der Waals surface area contributed by atoms with Gasteiger partial charge in [-0.15, -0.1) is 22.7 Å². The van der Waals surface area contributed by atoms with E-state index in [1.54, 1.807) is 22.7 Å². The lowest BCUT2D eigenvalue weighted by atomic mass is 9.92. The van der Waals surface area contributed by atoms with Crippen LogP contribution in [0.1, 0.15) is 36.9 Å². The molecule has 0 aliphatic carbocycles. The lowest BCUT2D eigenvalue weighted by Crippen LogP contribution is -2.46. The first-order chi connectivity index (χ1) is 13.3. The van der Waals surface area contributed by atoms with Crippen molar-refractivity contribution >= 4 is 28.6 Å². The highest BCUT2D eigenvalue weighted by molar-refractivity contribution is 7.10. The molecule has 0 aromatic carbocycles. The van der Waals surface area contributed by atoms with Crippen LogP contribution in [-0.2, 0) is 22.6 Å². The predicted octanol–water partition coefficient (Wildman–Crippen LogP) is 3.49. The number of carbonyl (C=O) groups is 1. The highest BCUT2D eigenvalue weighted by Crippen LogP contribution is 2.26. The fraction of sp³-hybridized carbons (Fsp3) is 0.571. The van der Waals surface area contributed by atoms with Gasteiger partial charge in [-0.05, 0) is 28.3 Å². The molecule has 1 aliphatic rings. The Labute approximate surface area is 175 Å². The van der Waals surface area contributed by atoms with Gasteiger partial charge < -0.3 is 15.2 Å². The Morgan fingerprint density at radius 1 is 1.21 bits per heavy atom. The molecule has 1 fully saturated rings. The average Bonchev–Trinajstić information content (AvgIpc) is 3.34. The van der Waals surface area contributed by atoms with Crippen LogP contribution in [0.25, 0.3) is 0 Å². The number of amides is 1. The van der Waals surface area contributed by atoms with Gasteiger partial charge in [0.25, 0.3) is 0 Å². The summed E-state index contributed by atoms with van der Waals surface area (Å²) in [6.45, 7) is 8.49. The van der Waals surface area contributed by atoms with Crippen LogP contribution in [0.15, 0.2) is 35.0 Å². The third-order valence-corrected chi connectivity index (χ3v) is 6.52. The molecule has 154 valence electrons. The molecular weight excluding hydrogens is 392 g/mol. The largest absolute Gasteiger partial charge is 0.389 e. The van der Waals surface area contributed by atoms with Crippen LogP contribution < -0.4 is 5.32 Å². The number of hydrogen-bond donors (Lipinski definition) is 2. The highest BCUT2D eigenvalue weighted by atomic mass is 32.1. The number of rotatable bonds is 8. The van der Waals surface area contributed by atoms with E-state index in [-0.39, 0.29) is 23.5 Å². The van der Waals surface area contributed by atoms with Crippen molar-refractivity contribution in [3.63, 3.8) is 0 Å². The maximum Gasteiger partial charge on any atom is 0.220 e. The number of hydrogen-bond acceptors (Lipinski definition) is 6. The molecule has 28 heavy (non-hydrogen) atoms. The minimum atomic E-state index is -0.630. The molecule has 0 radical (unpaired) electrons. The van der Waals surface area contributed by atoms with E-state index < -0.39 is 6.10 Å². The third kappa shape index (κ3) is 6.12. The number of nitrogens with one attached hydrogen (secondary N) is 1. The molecule has 2 aromatic heterocycles. The zero-order valence-electron chi connectivity index (χ0n) is 16.8. The summed E-state index contributed by atoms with van der Waals surface area (Å²) in [5.41, 5.74) is -0.0556. The van der Waals surface area contributed by atoms with Gasteiger partial charge >= 0.3 is 0 Å². The van der Waals surface area contributed by atoms with E-state index in [9.17, 15) is 9.90 Å².